The topological polar surface area (TPSA) is 80.6 Å². The van der Waals surface area contributed by atoms with Crippen LogP contribution < -0.4 is 0 Å². The second-order valence-electron chi connectivity index (χ2n) is 7.02. The fourth-order valence-corrected chi connectivity index (χ4v) is 3.48. The molecule has 0 saturated carbocycles. The average molecular weight is 383 g/mol. The third kappa shape index (κ3) is 3.24. The first-order chi connectivity index (χ1) is 13.3. The molecule has 2 aromatic heterocycles. The molecule has 28 heavy (non-hydrogen) atoms. The van der Waals surface area contributed by atoms with Gasteiger partial charge >= 0.3 is 0 Å². The summed E-state index contributed by atoms with van der Waals surface area (Å²) in [6.45, 7) is 9.24. The van der Waals surface area contributed by atoms with Crippen molar-refractivity contribution in [3.63, 3.8) is 0 Å². The molecular formula is C21H22FN3O3. The summed E-state index contributed by atoms with van der Waals surface area (Å²) in [5.74, 6) is -0.185. The Morgan fingerprint density at radius 2 is 2.04 bits per heavy atom. The molecule has 3 rings (SSSR count). The van der Waals surface area contributed by atoms with Gasteiger partial charge in [0.15, 0.2) is 5.76 Å². The van der Waals surface area contributed by atoms with E-state index >= 15 is 0 Å². The van der Waals surface area contributed by atoms with Gasteiger partial charge in [-0.05, 0) is 52.3 Å². The molecule has 0 aliphatic heterocycles. The van der Waals surface area contributed by atoms with Crippen LogP contribution in [-0.4, -0.2) is 14.8 Å². The summed E-state index contributed by atoms with van der Waals surface area (Å²) in [5.41, 5.74) is 5.38. The fraction of sp³-hybridized carbons (Fsp3) is 0.286. The van der Waals surface area contributed by atoms with Crippen LogP contribution in [0.2, 0.25) is 0 Å². The Morgan fingerprint density at radius 3 is 2.57 bits per heavy atom. The molecule has 0 fully saturated rings. The number of halogens is 1. The summed E-state index contributed by atoms with van der Waals surface area (Å²) in [4.78, 5) is 11.2. The van der Waals surface area contributed by atoms with E-state index in [1.165, 1.54) is 12.1 Å². The number of hydrogen-bond acceptors (Lipinski definition) is 5. The first kappa shape index (κ1) is 19.5. The lowest BCUT2D eigenvalue weighted by Crippen LogP contribution is -2.05. The van der Waals surface area contributed by atoms with Gasteiger partial charge in [-0.15, -0.1) is 0 Å². The number of nitrogens with zero attached hydrogens (tertiary/aromatic N) is 3. The Balaban J connectivity index is 2.52. The van der Waals surface area contributed by atoms with Crippen LogP contribution in [0.1, 0.15) is 42.1 Å². The van der Waals surface area contributed by atoms with Crippen molar-refractivity contribution in [1.29, 1.82) is 0 Å². The highest BCUT2D eigenvalue weighted by atomic mass is 19.1. The first-order valence-electron chi connectivity index (χ1n) is 8.86. The highest BCUT2D eigenvalue weighted by molar-refractivity contribution is 5.80. The monoisotopic (exact) mass is 383 g/mol. The smallest absolute Gasteiger partial charge is 0.157 e. The van der Waals surface area contributed by atoms with Crippen molar-refractivity contribution >= 4 is 6.08 Å². The molecule has 0 spiro atoms. The highest BCUT2D eigenvalue weighted by Gasteiger charge is 2.27. The number of phenols is 1. The number of rotatable bonds is 5. The molecule has 0 aliphatic rings. The maximum atomic E-state index is 14.9. The van der Waals surface area contributed by atoms with E-state index in [-0.39, 0.29) is 12.3 Å². The third-order valence-electron chi connectivity index (χ3n) is 4.66. The predicted molar refractivity (Wildman–Crippen MR) is 106 cm³/mol. The summed E-state index contributed by atoms with van der Waals surface area (Å²) in [6.07, 6.45) is 1.94. The number of allylic oxidation sites excluding steroid dienone is 1. The van der Waals surface area contributed by atoms with Crippen LogP contribution in [0.5, 0.6) is 5.75 Å². The van der Waals surface area contributed by atoms with Gasteiger partial charge in [-0.25, -0.2) is 4.39 Å². The van der Waals surface area contributed by atoms with Gasteiger partial charge < -0.3 is 14.2 Å². The van der Waals surface area contributed by atoms with E-state index in [1.54, 1.807) is 18.4 Å². The van der Waals surface area contributed by atoms with Gasteiger partial charge in [0.25, 0.3) is 0 Å². The summed E-state index contributed by atoms with van der Waals surface area (Å²) >= 11 is 0. The molecule has 0 saturated heterocycles. The lowest BCUT2D eigenvalue weighted by atomic mass is 10.0. The van der Waals surface area contributed by atoms with Crippen molar-refractivity contribution in [2.45, 2.75) is 41.2 Å². The summed E-state index contributed by atoms with van der Waals surface area (Å²) in [6, 6.07) is 4.02. The number of aromatic nitrogens is 2. The minimum absolute atomic E-state index is 0.0841. The maximum absolute atomic E-state index is 14.9. The Labute approximate surface area is 162 Å². The Hall–Kier alpha value is -3.22. The average Bonchev–Trinajstić information content (AvgIpc) is 3.06. The summed E-state index contributed by atoms with van der Waals surface area (Å²) in [7, 11) is 0. The zero-order valence-electron chi connectivity index (χ0n) is 16.5. The maximum Gasteiger partial charge on any atom is 0.157 e. The number of phenolic OH excluding ortho intramolecular Hbond substituents is 1. The molecule has 0 radical (unpaired) electrons. The van der Waals surface area contributed by atoms with Crippen LogP contribution >= 0.6 is 0 Å². The quantitative estimate of drug-likeness (QED) is 0.582. The Morgan fingerprint density at radius 1 is 1.32 bits per heavy atom. The second kappa shape index (κ2) is 7.42. The standard InChI is InChI=1S/C21H22FN3O3/c1-11(2)8-17-12(3)19(10-23-27)25(20-13(4)24-28-14(20)5)21(17)16-7-6-15(26)9-18(16)22/h6-9,26H,10H2,1-5H3. The SMILES string of the molecule is CC(C)=Cc1c(C)c(CN=O)n(-c2c(C)noc2C)c1-c1ccc(O)cc1F. The van der Waals surface area contributed by atoms with Gasteiger partial charge in [-0.3, -0.25) is 0 Å². The summed E-state index contributed by atoms with van der Waals surface area (Å²) < 4.78 is 22.0. The molecule has 2 heterocycles. The van der Waals surface area contributed by atoms with Gasteiger partial charge in [0.05, 0.1) is 11.4 Å². The fourth-order valence-electron chi connectivity index (χ4n) is 3.48. The minimum Gasteiger partial charge on any atom is -0.508 e. The highest BCUT2D eigenvalue weighted by Crippen LogP contribution is 2.39. The number of aryl methyl sites for hydroxylation is 2. The van der Waals surface area contributed by atoms with Crippen LogP contribution in [-0.2, 0) is 6.54 Å². The normalized spacial score (nSPS) is 10.9. The number of aromatic hydroxyl groups is 1. The molecule has 0 aliphatic carbocycles. The van der Waals surface area contributed by atoms with Crippen molar-refractivity contribution in [2.75, 3.05) is 0 Å². The molecule has 7 heteroatoms. The van der Waals surface area contributed by atoms with Gasteiger partial charge in [-0.2, -0.15) is 4.91 Å². The van der Waals surface area contributed by atoms with Crippen molar-refractivity contribution in [3.8, 4) is 22.7 Å². The molecule has 0 unspecified atom stereocenters. The van der Waals surface area contributed by atoms with E-state index in [4.69, 9.17) is 4.52 Å². The largest absolute Gasteiger partial charge is 0.508 e. The van der Waals surface area contributed by atoms with E-state index in [1.807, 2.05) is 26.8 Å². The molecule has 1 N–H and O–H groups in total. The van der Waals surface area contributed by atoms with Crippen LogP contribution in [0.4, 0.5) is 4.39 Å². The molecule has 0 atom stereocenters. The van der Waals surface area contributed by atoms with E-state index < -0.39 is 5.82 Å². The first-order valence-corrected chi connectivity index (χ1v) is 8.86. The van der Waals surface area contributed by atoms with Gasteiger partial charge in [-0.1, -0.05) is 22.0 Å². The Kier molecular flexibility index (Phi) is 5.18. The third-order valence-corrected chi connectivity index (χ3v) is 4.66. The van der Waals surface area contributed by atoms with Gasteiger partial charge in [0.2, 0.25) is 0 Å². The van der Waals surface area contributed by atoms with E-state index in [2.05, 4.69) is 10.3 Å². The van der Waals surface area contributed by atoms with Crippen molar-refractivity contribution in [2.24, 2.45) is 5.18 Å². The van der Waals surface area contributed by atoms with Crippen LogP contribution in [0.25, 0.3) is 23.0 Å². The van der Waals surface area contributed by atoms with Crippen LogP contribution in [0, 0.1) is 31.5 Å². The van der Waals surface area contributed by atoms with Crippen LogP contribution in [0.15, 0.2) is 33.5 Å². The predicted octanol–water partition coefficient (Wildman–Crippen LogP) is 5.59. The van der Waals surface area contributed by atoms with Crippen molar-refractivity contribution < 1.29 is 14.0 Å². The molecule has 146 valence electrons. The van der Waals surface area contributed by atoms with E-state index in [9.17, 15) is 14.4 Å². The second-order valence-corrected chi connectivity index (χ2v) is 7.02. The molecule has 1 aromatic carbocycles. The zero-order chi connectivity index (χ0) is 20.6. The minimum atomic E-state index is -0.570. The number of nitroso groups, excluding NO2 is 1. The lowest BCUT2D eigenvalue weighted by molar-refractivity contribution is 0.393. The molecule has 6 nitrogen and oxygen atoms in total. The lowest BCUT2D eigenvalue weighted by Gasteiger charge is -2.14. The molecule has 0 bridgehead atoms. The van der Waals surface area contributed by atoms with Crippen LogP contribution in [0.3, 0.4) is 0 Å². The summed E-state index contributed by atoms with van der Waals surface area (Å²) in [5, 5.41) is 16.7. The number of benzene rings is 1. The van der Waals surface area contributed by atoms with Gasteiger partial charge in [0, 0.05) is 17.2 Å². The number of hydrogen-bond donors (Lipinski definition) is 1. The molecule has 3 aromatic rings. The Bertz CT molecular complexity index is 1070. The molecule has 0 amide bonds. The zero-order valence-corrected chi connectivity index (χ0v) is 16.5. The van der Waals surface area contributed by atoms with Gasteiger partial charge in [0.1, 0.15) is 29.5 Å². The van der Waals surface area contributed by atoms with Crippen molar-refractivity contribution in [1.82, 2.24) is 9.72 Å². The van der Waals surface area contributed by atoms with E-state index in [0.717, 1.165) is 22.8 Å². The molecular weight excluding hydrogens is 361 g/mol. The van der Waals surface area contributed by atoms with E-state index in [0.29, 0.717) is 34.1 Å². The van der Waals surface area contributed by atoms with Crippen molar-refractivity contribution in [3.05, 3.63) is 62.8 Å².